The highest BCUT2D eigenvalue weighted by molar-refractivity contribution is 7.91. The van der Waals surface area contributed by atoms with Crippen molar-refractivity contribution in [2.75, 3.05) is 25.5 Å². The van der Waals surface area contributed by atoms with Gasteiger partial charge in [0.15, 0.2) is 9.84 Å². The Kier molecular flexibility index (Phi) is 5.21. The molecule has 0 radical (unpaired) electrons. The zero-order valence-electron chi connectivity index (χ0n) is 8.73. The van der Waals surface area contributed by atoms with Crippen LogP contribution in [0, 0.1) is 0 Å². The first-order valence-corrected chi connectivity index (χ1v) is 6.85. The van der Waals surface area contributed by atoms with Gasteiger partial charge in [-0.3, -0.25) is 0 Å². The van der Waals surface area contributed by atoms with E-state index in [4.69, 9.17) is 22.1 Å². The molecule has 1 aromatic carbocycles. The Hall–Kier alpha value is -0.620. The first kappa shape index (κ1) is 13.4. The highest BCUT2D eigenvalue weighted by Gasteiger charge is 2.14. The van der Waals surface area contributed by atoms with E-state index >= 15 is 0 Å². The van der Waals surface area contributed by atoms with E-state index in [2.05, 4.69) is 0 Å². The third-order valence-electron chi connectivity index (χ3n) is 1.91. The van der Waals surface area contributed by atoms with Crippen molar-refractivity contribution in [1.29, 1.82) is 0 Å². The van der Waals surface area contributed by atoms with Gasteiger partial charge < -0.3 is 10.5 Å². The zero-order valence-corrected chi connectivity index (χ0v) is 10.3. The van der Waals surface area contributed by atoms with Gasteiger partial charge in [-0.2, -0.15) is 0 Å². The van der Waals surface area contributed by atoms with Crippen molar-refractivity contribution in [3.63, 3.8) is 0 Å². The number of hydrogen-bond acceptors (Lipinski definition) is 4. The molecule has 0 heterocycles. The molecule has 0 aliphatic rings. The predicted molar refractivity (Wildman–Crippen MR) is 63.4 cm³/mol. The first-order chi connectivity index (χ1) is 7.56. The van der Waals surface area contributed by atoms with Gasteiger partial charge in [-0.05, 0) is 18.2 Å². The molecule has 0 fully saturated rings. The maximum Gasteiger partial charge on any atom is 0.180 e. The van der Waals surface area contributed by atoms with Crippen molar-refractivity contribution in [2.45, 2.75) is 4.90 Å². The number of ether oxygens (including phenoxy) is 1. The van der Waals surface area contributed by atoms with Crippen LogP contribution >= 0.6 is 11.6 Å². The van der Waals surface area contributed by atoms with Gasteiger partial charge in [0.2, 0.25) is 0 Å². The molecule has 1 aromatic rings. The summed E-state index contributed by atoms with van der Waals surface area (Å²) in [5, 5.41) is 0.406. The Balaban J connectivity index is 2.64. The summed E-state index contributed by atoms with van der Waals surface area (Å²) in [5.74, 6) is -0.0622. The lowest BCUT2D eigenvalue weighted by Gasteiger charge is -2.05. The molecule has 0 amide bonds. The van der Waals surface area contributed by atoms with Gasteiger partial charge in [0, 0.05) is 11.6 Å². The van der Waals surface area contributed by atoms with E-state index in [0.717, 1.165) is 0 Å². The van der Waals surface area contributed by atoms with Crippen molar-refractivity contribution in [1.82, 2.24) is 0 Å². The van der Waals surface area contributed by atoms with Crippen molar-refractivity contribution in [2.24, 2.45) is 5.73 Å². The molecule has 0 saturated heterocycles. The molecule has 0 atom stereocenters. The molecule has 6 heteroatoms. The van der Waals surface area contributed by atoms with Gasteiger partial charge in [0.25, 0.3) is 0 Å². The average molecular weight is 264 g/mol. The fourth-order valence-electron chi connectivity index (χ4n) is 1.13. The standard InChI is InChI=1S/C10H14ClNO3S/c11-9-2-1-3-10(8-9)16(13,14)7-6-15-5-4-12/h1-3,8H,4-7,12H2. The van der Waals surface area contributed by atoms with Crippen LogP contribution in [0.5, 0.6) is 0 Å². The van der Waals surface area contributed by atoms with Crippen LogP contribution < -0.4 is 5.73 Å². The van der Waals surface area contributed by atoms with E-state index in [0.29, 0.717) is 18.2 Å². The van der Waals surface area contributed by atoms with E-state index < -0.39 is 9.84 Å². The van der Waals surface area contributed by atoms with E-state index in [9.17, 15) is 8.42 Å². The van der Waals surface area contributed by atoms with Crippen LogP contribution in [-0.2, 0) is 14.6 Å². The largest absolute Gasteiger partial charge is 0.379 e. The molecule has 0 bridgehead atoms. The Morgan fingerprint density at radius 3 is 2.69 bits per heavy atom. The molecule has 0 aliphatic carbocycles. The molecule has 0 spiro atoms. The monoisotopic (exact) mass is 263 g/mol. The maximum absolute atomic E-state index is 11.8. The highest BCUT2D eigenvalue weighted by atomic mass is 35.5. The third-order valence-corrected chi connectivity index (χ3v) is 3.83. The molecule has 0 saturated carbocycles. The second-order valence-corrected chi connectivity index (χ2v) is 5.72. The van der Waals surface area contributed by atoms with Gasteiger partial charge in [-0.15, -0.1) is 0 Å². The molecule has 0 aromatic heterocycles. The van der Waals surface area contributed by atoms with Crippen molar-refractivity contribution < 1.29 is 13.2 Å². The van der Waals surface area contributed by atoms with Gasteiger partial charge in [-0.1, -0.05) is 17.7 Å². The average Bonchev–Trinajstić information content (AvgIpc) is 2.24. The lowest BCUT2D eigenvalue weighted by molar-refractivity contribution is 0.157. The fraction of sp³-hybridized carbons (Fsp3) is 0.400. The molecule has 0 aliphatic heterocycles. The summed E-state index contributed by atoms with van der Waals surface area (Å²) in [5.41, 5.74) is 5.22. The summed E-state index contributed by atoms with van der Waals surface area (Å²) in [6.45, 7) is 0.897. The smallest absolute Gasteiger partial charge is 0.180 e. The topological polar surface area (TPSA) is 69.4 Å². The number of halogens is 1. The van der Waals surface area contributed by atoms with Crippen LogP contribution in [0.3, 0.4) is 0 Å². The summed E-state index contributed by atoms with van der Waals surface area (Å²) in [4.78, 5) is 0.219. The molecular weight excluding hydrogens is 250 g/mol. The molecule has 90 valence electrons. The third kappa shape index (κ3) is 4.09. The zero-order chi connectivity index (χ0) is 12.0. The Bertz CT molecular complexity index is 433. The molecule has 16 heavy (non-hydrogen) atoms. The maximum atomic E-state index is 11.8. The van der Waals surface area contributed by atoms with Gasteiger partial charge in [-0.25, -0.2) is 8.42 Å². The van der Waals surface area contributed by atoms with E-state index in [-0.39, 0.29) is 17.3 Å². The first-order valence-electron chi connectivity index (χ1n) is 4.82. The Morgan fingerprint density at radius 1 is 1.31 bits per heavy atom. The van der Waals surface area contributed by atoms with Crippen LogP contribution in [0.2, 0.25) is 5.02 Å². The van der Waals surface area contributed by atoms with E-state index in [1.54, 1.807) is 12.1 Å². The number of nitrogens with two attached hydrogens (primary N) is 1. The summed E-state index contributed by atoms with van der Waals surface area (Å²) in [6.07, 6.45) is 0. The lowest BCUT2D eigenvalue weighted by atomic mass is 10.4. The van der Waals surface area contributed by atoms with Crippen LogP contribution in [0.15, 0.2) is 29.2 Å². The Labute approximate surface area is 100 Å². The van der Waals surface area contributed by atoms with Gasteiger partial charge in [0.05, 0.1) is 23.9 Å². The summed E-state index contributed by atoms with van der Waals surface area (Å²) in [7, 11) is -3.31. The van der Waals surface area contributed by atoms with Crippen molar-refractivity contribution in [3.8, 4) is 0 Å². The number of sulfone groups is 1. The number of benzene rings is 1. The minimum Gasteiger partial charge on any atom is -0.379 e. The second kappa shape index (κ2) is 6.20. The second-order valence-electron chi connectivity index (χ2n) is 3.18. The predicted octanol–water partition coefficient (Wildman–Crippen LogP) is 1.09. The fourth-order valence-corrected chi connectivity index (χ4v) is 2.55. The van der Waals surface area contributed by atoms with Crippen molar-refractivity contribution in [3.05, 3.63) is 29.3 Å². The minimum absolute atomic E-state index is 0.0622. The van der Waals surface area contributed by atoms with Gasteiger partial charge >= 0.3 is 0 Å². The Morgan fingerprint density at radius 2 is 2.06 bits per heavy atom. The van der Waals surface area contributed by atoms with Crippen LogP contribution in [0.1, 0.15) is 0 Å². The van der Waals surface area contributed by atoms with E-state index in [1.807, 2.05) is 0 Å². The molecule has 0 unspecified atom stereocenters. The minimum atomic E-state index is -3.31. The van der Waals surface area contributed by atoms with E-state index in [1.165, 1.54) is 12.1 Å². The number of hydrogen-bond donors (Lipinski definition) is 1. The summed E-state index contributed by atoms with van der Waals surface area (Å²) >= 11 is 5.72. The van der Waals surface area contributed by atoms with Crippen molar-refractivity contribution >= 4 is 21.4 Å². The molecular formula is C10H14ClNO3S. The molecule has 2 N–H and O–H groups in total. The van der Waals surface area contributed by atoms with Crippen LogP contribution in [0.4, 0.5) is 0 Å². The molecule has 1 rings (SSSR count). The number of rotatable bonds is 6. The van der Waals surface area contributed by atoms with Crippen LogP contribution in [-0.4, -0.2) is 33.9 Å². The summed E-state index contributed by atoms with van der Waals surface area (Å²) in [6, 6.07) is 6.19. The normalized spacial score (nSPS) is 11.6. The molecule has 4 nitrogen and oxygen atoms in total. The SMILES string of the molecule is NCCOCCS(=O)(=O)c1cccc(Cl)c1. The lowest BCUT2D eigenvalue weighted by Crippen LogP contribution is -2.16. The van der Waals surface area contributed by atoms with Crippen LogP contribution in [0.25, 0.3) is 0 Å². The highest BCUT2D eigenvalue weighted by Crippen LogP contribution is 2.16. The quantitative estimate of drug-likeness (QED) is 0.780. The summed E-state index contributed by atoms with van der Waals surface area (Å²) < 4.78 is 28.6. The van der Waals surface area contributed by atoms with Gasteiger partial charge in [0.1, 0.15) is 0 Å².